The molecule has 0 radical (unpaired) electrons. The van der Waals surface area contributed by atoms with Gasteiger partial charge >= 0.3 is 0 Å². The molecule has 7 heteroatoms. The molecule has 1 aromatic carbocycles. The van der Waals surface area contributed by atoms with Crippen LogP contribution in [0.5, 0.6) is 5.75 Å². The summed E-state index contributed by atoms with van der Waals surface area (Å²) in [7, 11) is 1.70. The van der Waals surface area contributed by atoms with Crippen LogP contribution in [0.3, 0.4) is 0 Å². The van der Waals surface area contributed by atoms with Crippen LogP contribution in [0.15, 0.2) is 48.8 Å². The minimum absolute atomic E-state index is 0.333. The van der Waals surface area contributed by atoms with Gasteiger partial charge in [-0.2, -0.15) is 0 Å². The van der Waals surface area contributed by atoms with Crippen LogP contribution < -0.4 is 9.64 Å². The molecule has 4 saturated heterocycles. The second kappa shape index (κ2) is 12.3. The lowest BCUT2D eigenvalue weighted by atomic mass is 9.69. The second-order valence-electron chi connectivity index (χ2n) is 12.1. The Labute approximate surface area is 234 Å². The molecular formula is C32H45N5O2. The van der Waals surface area contributed by atoms with Crippen molar-refractivity contribution in [3.8, 4) is 5.75 Å². The molecule has 0 N–H and O–H groups in total. The first kappa shape index (κ1) is 26.6. The van der Waals surface area contributed by atoms with Gasteiger partial charge < -0.3 is 14.5 Å². The van der Waals surface area contributed by atoms with E-state index < -0.39 is 0 Å². The van der Waals surface area contributed by atoms with Gasteiger partial charge in [-0.05, 0) is 99.3 Å². The lowest BCUT2D eigenvalue weighted by Gasteiger charge is -2.57. The fourth-order valence-electron chi connectivity index (χ4n) is 8.02. The van der Waals surface area contributed by atoms with Crippen molar-refractivity contribution < 1.29 is 9.53 Å². The number of piperidine rings is 3. The van der Waals surface area contributed by atoms with Gasteiger partial charge in [0.05, 0.1) is 7.11 Å². The third-order valence-corrected chi connectivity index (χ3v) is 9.85. The molecule has 0 spiro atoms. The van der Waals surface area contributed by atoms with Crippen LogP contribution in [0, 0.1) is 11.8 Å². The summed E-state index contributed by atoms with van der Waals surface area (Å²) in [5.41, 5.74) is 2.52. The third kappa shape index (κ3) is 5.94. The van der Waals surface area contributed by atoms with E-state index in [1.165, 1.54) is 56.6 Å². The summed E-state index contributed by atoms with van der Waals surface area (Å²) in [6, 6.07) is 13.8. The number of nitrogens with zero attached hydrogens (tertiary/aromatic N) is 5. The van der Waals surface area contributed by atoms with Gasteiger partial charge in [0.15, 0.2) is 0 Å². The maximum atomic E-state index is 13.2. The van der Waals surface area contributed by atoms with Gasteiger partial charge in [0.2, 0.25) is 5.91 Å². The predicted octanol–water partition coefficient (Wildman–Crippen LogP) is 4.28. The van der Waals surface area contributed by atoms with Gasteiger partial charge in [-0.3, -0.25) is 19.6 Å². The highest BCUT2D eigenvalue weighted by Gasteiger charge is 2.48. The predicted molar refractivity (Wildman–Crippen MR) is 155 cm³/mol. The highest BCUT2D eigenvalue weighted by atomic mass is 16.5. The Kier molecular flexibility index (Phi) is 8.35. The number of carbonyl (C=O) groups is 1. The van der Waals surface area contributed by atoms with E-state index in [0.29, 0.717) is 18.4 Å². The van der Waals surface area contributed by atoms with Crippen molar-refractivity contribution in [2.24, 2.45) is 11.8 Å². The second-order valence-corrected chi connectivity index (χ2v) is 12.1. The van der Waals surface area contributed by atoms with E-state index in [9.17, 15) is 4.79 Å². The maximum Gasteiger partial charge on any atom is 0.222 e. The van der Waals surface area contributed by atoms with E-state index in [-0.39, 0.29) is 0 Å². The van der Waals surface area contributed by atoms with Crippen molar-refractivity contribution in [1.82, 2.24) is 19.7 Å². The summed E-state index contributed by atoms with van der Waals surface area (Å²) >= 11 is 0. The molecule has 0 saturated carbocycles. The molecule has 4 aliphatic rings. The smallest absolute Gasteiger partial charge is 0.222 e. The summed E-state index contributed by atoms with van der Waals surface area (Å²) in [4.78, 5) is 27.7. The summed E-state index contributed by atoms with van der Waals surface area (Å²) in [6.45, 7) is 8.15. The van der Waals surface area contributed by atoms with Crippen molar-refractivity contribution in [3.05, 3.63) is 54.4 Å². The van der Waals surface area contributed by atoms with Crippen molar-refractivity contribution in [2.75, 3.05) is 57.8 Å². The summed E-state index contributed by atoms with van der Waals surface area (Å²) in [5.74, 6) is 2.74. The number of piperazine rings is 1. The number of hydrogen-bond acceptors (Lipinski definition) is 6. The number of amides is 1. The summed E-state index contributed by atoms with van der Waals surface area (Å²) in [5, 5.41) is 0. The SMILES string of the molecule is COc1ccc(N2CCN(C(=O)CCC[C@@H]3[C@H]4CCCN5CCC[C@@H](CN3Cc3cccnc3)[C@@H]45)CC2)cc1. The zero-order valence-electron chi connectivity index (χ0n) is 23.6. The number of pyridine rings is 1. The van der Waals surface area contributed by atoms with Gasteiger partial charge in [-0.25, -0.2) is 0 Å². The van der Waals surface area contributed by atoms with Crippen molar-refractivity contribution in [1.29, 1.82) is 0 Å². The Morgan fingerprint density at radius 3 is 2.54 bits per heavy atom. The fourth-order valence-corrected chi connectivity index (χ4v) is 8.02. The van der Waals surface area contributed by atoms with Crippen LogP contribution >= 0.6 is 0 Å². The molecule has 4 aliphatic heterocycles. The molecule has 0 bridgehead atoms. The minimum Gasteiger partial charge on any atom is -0.497 e. The van der Waals surface area contributed by atoms with Crippen molar-refractivity contribution >= 4 is 11.6 Å². The van der Waals surface area contributed by atoms with E-state index >= 15 is 0 Å². The highest BCUT2D eigenvalue weighted by Crippen LogP contribution is 2.43. The van der Waals surface area contributed by atoms with Crippen molar-refractivity contribution in [3.63, 3.8) is 0 Å². The molecule has 0 unspecified atom stereocenters. The number of anilines is 1. The quantitative estimate of drug-likeness (QED) is 0.507. The highest BCUT2D eigenvalue weighted by molar-refractivity contribution is 5.76. The Balaban J connectivity index is 1.05. The Hall–Kier alpha value is -2.64. The number of carbonyl (C=O) groups excluding carboxylic acids is 1. The number of methoxy groups -OCH3 is 1. The number of aromatic nitrogens is 1. The lowest BCUT2D eigenvalue weighted by molar-refractivity contribution is -0.131. The fraction of sp³-hybridized carbons (Fsp3) is 0.625. The van der Waals surface area contributed by atoms with E-state index in [0.717, 1.165) is 69.2 Å². The van der Waals surface area contributed by atoms with Gasteiger partial charge in [0.1, 0.15) is 5.75 Å². The molecule has 1 amide bonds. The average molecular weight is 532 g/mol. The molecule has 7 nitrogen and oxygen atoms in total. The molecule has 4 atom stereocenters. The lowest BCUT2D eigenvalue weighted by Crippen LogP contribution is -2.64. The van der Waals surface area contributed by atoms with E-state index in [1.54, 1.807) is 7.11 Å². The number of hydrogen-bond donors (Lipinski definition) is 0. The van der Waals surface area contributed by atoms with Crippen LogP contribution in [0.25, 0.3) is 0 Å². The molecule has 6 rings (SSSR count). The van der Waals surface area contributed by atoms with Crippen LogP contribution in [0.1, 0.15) is 50.5 Å². The molecule has 210 valence electrons. The molecule has 1 aromatic heterocycles. The summed E-state index contributed by atoms with van der Waals surface area (Å²) in [6.07, 6.45) is 12.1. The molecule has 0 aliphatic carbocycles. The first-order chi connectivity index (χ1) is 19.2. The molecule has 2 aromatic rings. The number of ether oxygens (including phenoxy) is 1. The van der Waals surface area contributed by atoms with E-state index in [2.05, 4.69) is 48.8 Å². The Morgan fingerprint density at radius 2 is 1.79 bits per heavy atom. The molecule has 39 heavy (non-hydrogen) atoms. The standard InChI is InChI=1S/C32H45N5O2/c1-39-28-13-11-27(12-14-28)34-18-20-35(21-19-34)31(38)10-2-9-30-29-8-5-17-36-16-4-7-26(32(29)36)24-37(30)23-25-6-3-15-33-22-25/h3,6,11-15,22,26,29-30,32H,2,4-5,7-10,16-21,23-24H2,1H3/t26-,29+,30+,32-/m0/s1. The largest absolute Gasteiger partial charge is 0.497 e. The van der Waals surface area contributed by atoms with Crippen LogP contribution in [0.2, 0.25) is 0 Å². The monoisotopic (exact) mass is 531 g/mol. The van der Waals surface area contributed by atoms with Gasteiger partial charge in [-0.1, -0.05) is 6.07 Å². The van der Waals surface area contributed by atoms with Crippen LogP contribution in [-0.2, 0) is 11.3 Å². The van der Waals surface area contributed by atoms with E-state index in [1.807, 2.05) is 24.5 Å². The normalized spacial score (nSPS) is 27.7. The summed E-state index contributed by atoms with van der Waals surface area (Å²) < 4.78 is 5.29. The number of likely N-dealkylation sites (tertiary alicyclic amines) is 1. The number of rotatable bonds is 8. The third-order valence-electron chi connectivity index (χ3n) is 9.85. The Morgan fingerprint density at radius 1 is 1.00 bits per heavy atom. The Bertz CT molecular complexity index is 1070. The molecule has 4 fully saturated rings. The van der Waals surface area contributed by atoms with Crippen LogP contribution in [0.4, 0.5) is 5.69 Å². The van der Waals surface area contributed by atoms with Crippen molar-refractivity contribution in [2.45, 2.75) is 63.6 Å². The zero-order chi connectivity index (χ0) is 26.6. The molecule has 5 heterocycles. The van der Waals surface area contributed by atoms with Crippen LogP contribution in [-0.4, -0.2) is 90.6 Å². The minimum atomic E-state index is 0.333. The average Bonchev–Trinajstić information content (AvgIpc) is 2.99. The first-order valence-electron chi connectivity index (χ1n) is 15.2. The van der Waals surface area contributed by atoms with Gasteiger partial charge in [-0.15, -0.1) is 0 Å². The zero-order valence-corrected chi connectivity index (χ0v) is 23.6. The first-order valence-corrected chi connectivity index (χ1v) is 15.2. The van der Waals surface area contributed by atoms with Gasteiger partial charge in [0, 0.05) is 75.9 Å². The molecular weight excluding hydrogens is 486 g/mol. The van der Waals surface area contributed by atoms with Gasteiger partial charge in [0.25, 0.3) is 0 Å². The maximum absolute atomic E-state index is 13.2. The topological polar surface area (TPSA) is 52.2 Å². The number of benzene rings is 1. The van der Waals surface area contributed by atoms with E-state index in [4.69, 9.17) is 4.74 Å².